The topological polar surface area (TPSA) is 54.4 Å². The number of hydrogen-bond donors (Lipinski definition) is 1. The fraction of sp³-hybridized carbons (Fsp3) is 0. The zero-order valence-electron chi connectivity index (χ0n) is 6.57. The van der Waals surface area contributed by atoms with Gasteiger partial charge in [-0.2, -0.15) is 0 Å². The molecule has 12 heavy (non-hydrogen) atoms. The molecule has 1 aromatic carbocycles. The summed E-state index contributed by atoms with van der Waals surface area (Å²) in [6.45, 7) is 0. The second-order valence-corrected chi connectivity index (χ2v) is 2.53. The molecule has 0 unspecified atom stereocenters. The van der Waals surface area contributed by atoms with E-state index >= 15 is 0 Å². The number of carbonyl (C=O) groups excluding carboxylic acids is 2. The van der Waals surface area contributed by atoms with Gasteiger partial charge in [0.15, 0.2) is 12.6 Å². The molecule has 60 valence electrons. The van der Waals surface area contributed by atoms with Gasteiger partial charge in [0, 0.05) is 0 Å². The van der Waals surface area contributed by atoms with Gasteiger partial charge in [-0.05, 0) is 0 Å². The van der Waals surface area contributed by atoms with Gasteiger partial charge in [0.1, 0.15) is 13.6 Å². The van der Waals surface area contributed by atoms with E-state index in [1.54, 1.807) is 7.85 Å². The molecule has 0 aromatic heterocycles. The molecule has 0 heterocycles. The van der Waals surface area contributed by atoms with Crippen molar-refractivity contribution < 1.29 is 14.7 Å². The SMILES string of the molecule is Bc1cc(C=O)c(O)c(C=O)c1. The number of phenols is 1. The molecule has 0 aliphatic heterocycles. The van der Waals surface area contributed by atoms with E-state index in [0.29, 0.717) is 12.6 Å². The van der Waals surface area contributed by atoms with Crippen LogP contribution in [0.5, 0.6) is 5.75 Å². The van der Waals surface area contributed by atoms with Crippen molar-refractivity contribution in [3.63, 3.8) is 0 Å². The van der Waals surface area contributed by atoms with E-state index < -0.39 is 0 Å². The van der Waals surface area contributed by atoms with Gasteiger partial charge in [0.2, 0.25) is 0 Å². The van der Waals surface area contributed by atoms with Crippen molar-refractivity contribution in [1.82, 2.24) is 0 Å². The minimum Gasteiger partial charge on any atom is -0.506 e. The molecule has 0 saturated carbocycles. The molecule has 0 spiro atoms. The third kappa shape index (κ3) is 1.37. The van der Waals surface area contributed by atoms with Crippen LogP contribution in [0.15, 0.2) is 12.1 Å². The van der Waals surface area contributed by atoms with Gasteiger partial charge >= 0.3 is 0 Å². The highest BCUT2D eigenvalue weighted by Gasteiger charge is 2.06. The minimum atomic E-state index is -0.245. The summed E-state index contributed by atoms with van der Waals surface area (Å²) in [6, 6.07) is 3.05. The molecule has 0 fully saturated rings. The normalized spacial score (nSPS) is 9.33. The Hall–Kier alpha value is -1.58. The number of aldehydes is 2. The number of benzene rings is 1. The van der Waals surface area contributed by atoms with Crippen LogP contribution in [0, 0.1) is 0 Å². The van der Waals surface area contributed by atoms with E-state index in [-0.39, 0.29) is 16.9 Å². The van der Waals surface area contributed by atoms with Crippen LogP contribution in [-0.2, 0) is 0 Å². The molecule has 4 heteroatoms. The van der Waals surface area contributed by atoms with Crippen LogP contribution in [0.2, 0.25) is 0 Å². The van der Waals surface area contributed by atoms with Crippen LogP contribution < -0.4 is 5.46 Å². The molecule has 1 N–H and O–H groups in total. The predicted octanol–water partition coefficient (Wildman–Crippen LogP) is -0.724. The third-order valence-corrected chi connectivity index (χ3v) is 1.57. The van der Waals surface area contributed by atoms with Crippen molar-refractivity contribution in [3.05, 3.63) is 23.3 Å². The Morgan fingerprint density at radius 2 is 1.58 bits per heavy atom. The fourth-order valence-electron chi connectivity index (χ4n) is 1.02. The van der Waals surface area contributed by atoms with Gasteiger partial charge in [-0.25, -0.2) is 0 Å². The molecule has 0 bridgehead atoms. The maximum Gasteiger partial charge on any atom is 0.153 e. The Morgan fingerprint density at radius 1 is 1.17 bits per heavy atom. The van der Waals surface area contributed by atoms with Gasteiger partial charge in [0.05, 0.1) is 11.1 Å². The van der Waals surface area contributed by atoms with E-state index in [2.05, 4.69) is 0 Å². The van der Waals surface area contributed by atoms with Crippen molar-refractivity contribution >= 4 is 25.9 Å². The Labute approximate surface area is 70.4 Å². The Kier molecular flexibility index (Phi) is 2.28. The first-order valence-electron chi connectivity index (χ1n) is 3.43. The van der Waals surface area contributed by atoms with Gasteiger partial charge in [-0.3, -0.25) is 9.59 Å². The molecule has 0 saturated heterocycles. The lowest BCUT2D eigenvalue weighted by atomic mass is 9.92. The lowest BCUT2D eigenvalue weighted by Gasteiger charge is -2.01. The number of hydrogen-bond acceptors (Lipinski definition) is 3. The highest BCUT2D eigenvalue weighted by atomic mass is 16.3. The summed E-state index contributed by atoms with van der Waals surface area (Å²) >= 11 is 0. The zero-order valence-corrected chi connectivity index (χ0v) is 6.57. The molecule has 3 nitrogen and oxygen atoms in total. The lowest BCUT2D eigenvalue weighted by molar-refractivity contribution is 0.112. The van der Waals surface area contributed by atoms with Crippen LogP contribution in [0.25, 0.3) is 0 Å². The average molecular weight is 162 g/mol. The van der Waals surface area contributed by atoms with E-state index in [1.165, 1.54) is 12.1 Å². The first kappa shape index (κ1) is 8.52. The molecule has 0 radical (unpaired) electrons. The fourth-order valence-corrected chi connectivity index (χ4v) is 1.02. The molecular weight excluding hydrogens is 155 g/mol. The maximum atomic E-state index is 10.4. The summed E-state index contributed by atoms with van der Waals surface area (Å²) in [5, 5.41) is 9.25. The largest absolute Gasteiger partial charge is 0.506 e. The van der Waals surface area contributed by atoms with Gasteiger partial charge in [-0.15, -0.1) is 0 Å². The summed E-state index contributed by atoms with van der Waals surface area (Å²) in [5.74, 6) is -0.245. The van der Waals surface area contributed by atoms with E-state index in [1.807, 2.05) is 0 Å². The third-order valence-electron chi connectivity index (χ3n) is 1.57. The summed E-state index contributed by atoms with van der Waals surface area (Å²) in [7, 11) is 1.75. The van der Waals surface area contributed by atoms with Crippen molar-refractivity contribution in [2.75, 3.05) is 0 Å². The molecular formula is C8H7BO3. The van der Waals surface area contributed by atoms with Crippen LogP contribution >= 0.6 is 0 Å². The van der Waals surface area contributed by atoms with Gasteiger partial charge in [-0.1, -0.05) is 17.6 Å². The van der Waals surface area contributed by atoms with Crippen molar-refractivity contribution in [1.29, 1.82) is 0 Å². The van der Waals surface area contributed by atoms with E-state index in [9.17, 15) is 14.7 Å². The number of phenolic OH excluding ortho intramolecular Hbond substituents is 1. The van der Waals surface area contributed by atoms with Crippen LogP contribution in [0.4, 0.5) is 0 Å². The summed E-state index contributed by atoms with van der Waals surface area (Å²) in [6.07, 6.45) is 1.05. The van der Waals surface area contributed by atoms with Gasteiger partial charge < -0.3 is 5.11 Å². The van der Waals surface area contributed by atoms with Crippen LogP contribution in [0.3, 0.4) is 0 Å². The van der Waals surface area contributed by atoms with E-state index in [4.69, 9.17) is 0 Å². The minimum absolute atomic E-state index is 0.150. The maximum absolute atomic E-state index is 10.4. The second kappa shape index (κ2) is 3.22. The molecule has 1 rings (SSSR count). The first-order valence-corrected chi connectivity index (χ1v) is 3.43. The number of rotatable bonds is 2. The molecule has 0 aliphatic carbocycles. The Balaban J connectivity index is 3.41. The van der Waals surface area contributed by atoms with Crippen molar-refractivity contribution in [3.8, 4) is 5.75 Å². The smallest absolute Gasteiger partial charge is 0.153 e. The lowest BCUT2D eigenvalue weighted by Crippen LogP contribution is -2.05. The quantitative estimate of drug-likeness (QED) is 0.460. The molecule has 0 atom stereocenters. The summed E-state index contributed by atoms with van der Waals surface area (Å²) in [5.41, 5.74) is 1.08. The number of carbonyl (C=O) groups is 2. The van der Waals surface area contributed by atoms with Crippen molar-refractivity contribution in [2.45, 2.75) is 0 Å². The Bertz CT molecular complexity index is 304. The molecule has 0 aliphatic rings. The van der Waals surface area contributed by atoms with Crippen LogP contribution in [0.1, 0.15) is 20.7 Å². The predicted molar refractivity (Wildman–Crippen MR) is 47.1 cm³/mol. The monoisotopic (exact) mass is 162 g/mol. The summed E-state index contributed by atoms with van der Waals surface area (Å²) < 4.78 is 0. The molecule has 0 amide bonds. The average Bonchev–Trinajstić information content (AvgIpc) is 2.08. The summed E-state index contributed by atoms with van der Waals surface area (Å²) in [4.78, 5) is 20.7. The van der Waals surface area contributed by atoms with Gasteiger partial charge in [0.25, 0.3) is 0 Å². The van der Waals surface area contributed by atoms with Crippen molar-refractivity contribution in [2.24, 2.45) is 0 Å². The Morgan fingerprint density at radius 3 is 1.92 bits per heavy atom. The molecule has 1 aromatic rings. The second-order valence-electron chi connectivity index (χ2n) is 2.53. The standard InChI is InChI=1S/C8H7BO3/c9-7-1-5(3-10)8(12)6(2-7)4-11/h1-4,12H,9H2. The zero-order chi connectivity index (χ0) is 9.14. The van der Waals surface area contributed by atoms with Crippen LogP contribution in [-0.4, -0.2) is 25.5 Å². The highest BCUT2D eigenvalue weighted by Crippen LogP contribution is 2.17. The van der Waals surface area contributed by atoms with E-state index in [0.717, 1.165) is 5.46 Å². The first-order chi connectivity index (χ1) is 5.69. The number of aromatic hydroxyl groups is 1. The highest BCUT2D eigenvalue weighted by molar-refractivity contribution is 6.33.